The zero-order valence-corrected chi connectivity index (χ0v) is 10.3. The largest absolute Gasteiger partial charge is 0.359 e. The highest BCUT2D eigenvalue weighted by Gasteiger charge is 2.07. The molecular formula is C10H7ClINO. The quantitative estimate of drug-likeness (QED) is 0.744. The molecule has 0 saturated heterocycles. The van der Waals surface area contributed by atoms with Gasteiger partial charge < -0.3 is 4.98 Å². The Hall–Kier alpha value is -0.550. The average Bonchev–Trinajstić information content (AvgIpc) is 2.16. The molecule has 0 spiro atoms. The minimum absolute atomic E-state index is 0.0411. The van der Waals surface area contributed by atoms with Gasteiger partial charge in [-0.1, -0.05) is 17.7 Å². The minimum Gasteiger partial charge on any atom is -0.359 e. The van der Waals surface area contributed by atoms with E-state index in [1.807, 2.05) is 35.6 Å². The molecule has 0 aliphatic carbocycles. The Balaban J connectivity index is 3.09. The summed E-state index contributed by atoms with van der Waals surface area (Å²) in [6.45, 7) is 1.91. The summed E-state index contributed by atoms with van der Waals surface area (Å²) in [5, 5.41) is 1.27. The second-order valence-electron chi connectivity index (χ2n) is 3.08. The van der Waals surface area contributed by atoms with Crippen molar-refractivity contribution in [1.29, 1.82) is 0 Å². The van der Waals surface area contributed by atoms with E-state index in [0.29, 0.717) is 14.0 Å². The van der Waals surface area contributed by atoms with Gasteiger partial charge in [-0.15, -0.1) is 0 Å². The van der Waals surface area contributed by atoms with Gasteiger partial charge in [-0.05, 0) is 41.1 Å². The molecule has 0 saturated carbocycles. The van der Waals surface area contributed by atoms with Crippen molar-refractivity contribution in [3.05, 3.63) is 42.7 Å². The highest BCUT2D eigenvalue weighted by Crippen LogP contribution is 2.22. The van der Waals surface area contributed by atoms with Crippen LogP contribution < -0.4 is 5.43 Å². The van der Waals surface area contributed by atoms with E-state index in [4.69, 9.17) is 11.6 Å². The molecule has 0 radical (unpaired) electrons. The van der Waals surface area contributed by atoms with Gasteiger partial charge in [0.2, 0.25) is 5.43 Å². The minimum atomic E-state index is 0.0411. The number of rotatable bonds is 0. The predicted molar refractivity (Wildman–Crippen MR) is 67.0 cm³/mol. The summed E-state index contributed by atoms with van der Waals surface area (Å²) >= 11 is 7.99. The fraction of sp³-hybridized carbons (Fsp3) is 0.100. The fourth-order valence-electron chi connectivity index (χ4n) is 1.44. The first-order valence-corrected chi connectivity index (χ1v) is 5.53. The average molecular weight is 320 g/mol. The molecule has 14 heavy (non-hydrogen) atoms. The number of hydrogen-bond acceptors (Lipinski definition) is 1. The maximum atomic E-state index is 11.8. The van der Waals surface area contributed by atoms with Crippen LogP contribution in [0.15, 0.2) is 23.1 Å². The van der Waals surface area contributed by atoms with Gasteiger partial charge >= 0.3 is 0 Å². The number of aromatic amines is 1. The zero-order chi connectivity index (χ0) is 10.3. The molecule has 0 bridgehead atoms. The van der Waals surface area contributed by atoms with E-state index in [1.54, 1.807) is 12.3 Å². The highest BCUT2D eigenvalue weighted by atomic mass is 127. The fourth-order valence-corrected chi connectivity index (χ4v) is 2.07. The molecule has 1 aromatic heterocycles. The number of aryl methyl sites for hydroxylation is 1. The number of halogens is 2. The SMILES string of the molecule is Cc1ccc(Cl)c2[nH]cc(I)c(=O)c12. The van der Waals surface area contributed by atoms with E-state index in [9.17, 15) is 4.79 Å². The van der Waals surface area contributed by atoms with Crippen LogP contribution >= 0.6 is 34.2 Å². The summed E-state index contributed by atoms with van der Waals surface area (Å²) in [6.07, 6.45) is 1.68. The van der Waals surface area contributed by atoms with Gasteiger partial charge in [-0.25, -0.2) is 0 Å². The van der Waals surface area contributed by atoms with Gasteiger partial charge in [0.05, 0.1) is 19.5 Å². The lowest BCUT2D eigenvalue weighted by Crippen LogP contribution is -2.07. The lowest BCUT2D eigenvalue weighted by Gasteiger charge is -2.03. The van der Waals surface area contributed by atoms with Crippen LogP contribution in [0.1, 0.15) is 5.56 Å². The highest BCUT2D eigenvalue weighted by molar-refractivity contribution is 14.1. The van der Waals surface area contributed by atoms with E-state index in [2.05, 4.69) is 4.98 Å². The summed E-state index contributed by atoms with van der Waals surface area (Å²) in [4.78, 5) is 14.8. The number of aromatic nitrogens is 1. The van der Waals surface area contributed by atoms with Gasteiger partial charge in [0.15, 0.2) is 0 Å². The number of hydrogen-bond donors (Lipinski definition) is 1. The predicted octanol–water partition coefficient (Wildman–Crippen LogP) is 3.09. The number of H-pyrrole nitrogens is 1. The maximum Gasteiger partial charge on any atom is 0.202 e. The van der Waals surface area contributed by atoms with E-state index in [1.165, 1.54) is 0 Å². The van der Waals surface area contributed by atoms with Crippen LogP contribution in [0.5, 0.6) is 0 Å². The zero-order valence-electron chi connectivity index (χ0n) is 7.40. The first-order chi connectivity index (χ1) is 6.61. The first-order valence-electron chi connectivity index (χ1n) is 4.07. The van der Waals surface area contributed by atoms with Gasteiger partial charge in [-0.2, -0.15) is 0 Å². The number of nitrogens with one attached hydrogen (secondary N) is 1. The van der Waals surface area contributed by atoms with Crippen molar-refractivity contribution >= 4 is 45.1 Å². The number of benzene rings is 1. The normalized spacial score (nSPS) is 10.8. The number of fused-ring (bicyclic) bond motifs is 1. The third-order valence-corrected chi connectivity index (χ3v) is 3.27. The summed E-state index contributed by atoms with van der Waals surface area (Å²) < 4.78 is 0.681. The molecule has 0 aliphatic rings. The van der Waals surface area contributed by atoms with E-state index in [0.717, 1.165) is 11.1 Å². The summed E-state index contributed by atoms with van der Waals surface area (Å²) in [5.74, 6) is 0. The second kappa shape index (κ2) is 3.55. The van der Waals surface area contributed by atoms with Gasteiger partial charge in [-0.3, -0.25) is 4.79 Å². The van der Waals surface area contributed by atoms with Crippen LogP contribution in [-0.2, 0) is 0 Å². The van der Waals surface area contributed by atoms with E-state index < -0.39 is 0 Å². The van der Waals surface area contributed by atoms with Crippen LogP contribution in [0.25, 0.3) is 10.9 Å². The molecule has 2 rings (SSSR count). The third kappa shape index (κ3) is 1.44. The van der Waals surface area contributed by atoms with Crippen molar-refractivity contribution in [2.24, 2.45) is 0 Å². The topological polar surface area (TPSA) is 32.9 Å². The molecule has 4 heteroatoms. The summed E-state index contributed by atoms with van der Waals surface area (Å²) in [7, 11) is 0. The molecule has 2 aromatic rings. The van der Waals surface area contributed by atoms with Crippen LogP contribution in [0.4, 0.5) is 0 Å². The van der Waals surface area contributed by atoms with Crippen molar-refractivity contribution in [3.8, 4) is 0 Å². The van der Waals surface area contributed by atoms with Crippen molar-refractivity contribution in [1.82, 2.24) is 4.98 Å². The standard InChI is InChI=1S/C10H7ClINO/c1-5-2-3-6(11)9-8(5)10(14)7(12)4-13-9/h2-4H,1H3,(H,13,14). The molecule has 2 nitrogen and oxygen atoms in total. The molecular weight excluding hydrogens is 312 g/mol. The molecule has 72 valence electrons. The van der Waals surface area contributed by atoms with Gasteiger partial charge in [0.25, 0.3) is 0 Å². The smallest absolute Gasteiger partial charge is 0.202 e. The Morgan fingerprint density at radius 2 is 2.14 bits per heavy atom. The Kier molecular flexibility index (Phi) is 2.53. The molecule has 1 aromatic carbocycles. The van der Waals surface area contributed by atoms with Crippen molar-refractivity contribution in [2.45, 2.75) is 6.92 Å². The molecule has 1 heterocycles. The van der Waals surface area contributed by atoms with Crippen molar-refractivity contribution in [3.63, 3.8) is 0 Å². The second-order valence-corrected chi connectivity index (χ2v) is 4.65. The number of pyridine rings is 1. The maximum absolute atomic E-state index is 11.8. The third-order valence-electron chi connectivity index (χ3n) is 2.15. The molecule has 0 amide bonds. The molecule has 0 atom stereocenters. The van der Waals surface area contributed by atoms with Crippen LogP contribution in [0.3, 0.4) is 0 Å². The van der Waals surface area contributed by atoms with Crippen LogP contribution in [0.2, 0.25) is 5.02 Å². The van der Waals surface area contributed by atoms with Crippen molar-refractivity contribution in [2.75, 3.05) is 0 Å². The lowest BCUT2D eigenvalue weighted by atomic mass is 10.1. The Morgan fingerprint density at radius 1 is 1.43 bits per heavy atom. The molecule has 0 aliphatic heterocycles. The first kappa shape index (κ1) is 9.98. The molecule has 1 N–H and O–H groups in total. The van der Waals surface area contributed by atoms with Crippen LogP contribution in [-0.4, -0.2) is 4.98 Å². The summed E-state index contributed by atoms with van der Waals surface area (Å²) in [5.41, 5.74) is 1.71. The summed E-state index contributed by atoms with van der Waals surface area (Å²) in [6, 6.07) is 3.65. The lowest BCUT2D eigenvalue weighted by molar-refractivity contribution is 1.34. The Bertz CT molecular complexity index is 562. The van der Waals surface area contributed by atoms with Crippen LogP contribution in [0, 0.1) is 10.5 Å². The monoisotopic (exact) mass is 319 g/mol. The van der Waals surface area contributed by atoms with Crippen molar-refractivity contribution < 1.29 is 0 Å². The Labute approximate surface area is 99.4 Å². The Morgan fingerprint density at radius 3 is 2.86 bits per heavy atom. The van der Waals surface area contributed by atoms with E-state index >= 15 is 0 Å². The van der Waals surface area contributed by atoms with Gasteiger partial charge in [0.1, 0.15) is 0 Å². The van der Waals surface area contributed by atoms with E-state index in [-0.39, 0.29) is 5.43 Å². The van der Waals surface area contributed by atoms with Gasteiger partial charge in [0, 0.05) is 6.20 Å². The molecule has 0 fully saturated rings. The molecule has 0 unspecified atom stereocenters.